The predicted octanol–water partition coefficient (Wildman–Crippen LogP) is 3.07. The highest BCUT2D eigenvalue weighted by molar-refractivity contribution is 7.99. The van der Waals surface area contributed by atoms with Gasteiger partial charge in [-0.2, -0.15) is 11.8 Å². The molecule has 2 unspecified atom stereocenters. The van der Waals surface area contributed by atoms with Gasteiger partial charge >= 0.3 is 0 Å². The Kier molecular flexibility index (Phi) is 6.06. The van der Waals surface area contributed by atoms with Crippen LogP contribution in [0.25, 0.3) is 0 Å². The molecule has 0 aliphatic carbocycles. The van der Waals surface area contributed by atoms with Crippen molar-refractivity contribution in [3.8, 4) is 0 Å². The number of nitrogens with two attached hydrogens (primary N) is 1. The highest BCUT2D eigenvalue weighted by atomic mass is 32.2. The van der Waals surface area contributed by atoms with Crippen molar-refractivity contribution >= 4 is 11.8 Å². The van der Waals surface area contributed by atoms with E-state index >= 15 is 0 Å². The summed E-state index contributed by atoms with van der Waals surface area (Å²) >= 11 is 1.91. The molecule has 3 nitrogen and oxygen atoms in total. The van der Waals surface area contributed by atoms with Crippen LogP contribution in [0.3, 0.4) is 0 Å². The van der Waals surface area contributed by atoms with E-state index in [9.17, 15) is 0 Å². The van der Waals surface area contributed by atoms with Crippen molar-refractivity contribution < 1.29 is 0 Å². The second-order valence-corrected chi connectivity index (χ2v) is 6.36. The molecule has 0 amide bonds. The molecule has 0 radical (unpaired) electrons. The first-order chi connectivity index (χ1) is 8.04. The lowest BCUT2D eigenvalue weighted by molar-refractivity contribution is 0.479. The van der Waals surface area contributed by atoms with Crippen LogP contribution >= 0.6 is 11.8 Å². The van der Waals surface area contributed by atoms with Crippen molar-refractivity contribution in [1.29, 1.82) is 0 Å². The SMILES string of the molecule is CSC(C)CCn1cncc1C(N)CC(C)C. The van der Waals surface area contributed by atoms with E-state index in [4.69, 9.17) is 5.73 Å². The van der Waals surface area contributed by atoms with E-state index in [1.807, 2.05) is 24.3 Å². The van der Waals surface area contributed by atoms with Crippen LogP contribution < -0.4 is 5.73 Å². The molecule has 0 saturated heterocycles. The minimum Gasteiger partial charge on any atom is -0.333 e. The molecule has 0 aliphatic rings. The summed E-state index contributed by atoms with van der Waals surface area (Å²) in [6, 6.07) is 0.113. The summed E-state index contributed by atoms with van der Waals surface area (Å²) < 4.78 is 2.21. The normalized spacial score (nSPS) is 15.2. The number of imidazole rings is 1. The summed E-state index contributed by atoms with van der Waals surface area (Å²) in [5, 5.41) is 0.687. The van der Waals surface area contributed by atoms with Crippen LogP contribution in [-0.2, 0) is 6.54 Å². The first-order valence-corrected chi connectivity index (χ1v) is 7.61. The van der Waals surface area contributed by atoms with Gasteiger partial charge in [0.2, 0.25) is 0 Å². The maximum Gasteiger partial charge on any atom is 0.0948 e. The Labute approximate surface area is 109 Å². The van der Waals surface area contributed by atoms with Crippen LogP contribution in [0, 0.1) is 5.92 Å². The average molecular weight is 255 g/mol. The Balaban J connectivity index is 2.59. The molecule has 1 aromatic rings. The topological polar surface area (TPSA) is 43.8 Å². The van der Waals surface area contributed by atoms with E-state index < -0.39 is 0 Å². The average Bonchev–Trinajstić information content (AvgIpc) is 2.73. The Morgan fingerprint density at radius 2 is 2.12 bits per heavy atom. The fourth-order valence-electron chi connectivity index (χ4n) is 1.89. The van der Waals surface area contributed by atoms with Gasteiger partial charge in [-0.05, 0) is 25.0 Å². The van der Waals surface area contributed by atoms with Gasteiger partial charge in [0.25, 0.3) is 0 Å². The number of aromatic nitrogens is 2. The second kappa shape index (κ2) is 7.07. The molecule has 4 heteroatoms. The van der Waals surface area contributed by atoms with Crippen LogP contribution in [0.1, 0.15) is 45.3 Å². The molecule has 1 heterocycles. The van der Waals surface area contributed by atoms with Crippen LogP contribution in [0.4, 0.5) is 0 Å². The fraction of sp³-hybridized carbons (Fsp3) is 0.769. The molecule has 2 N–H and O–H groups in total. The van der Waals surface area contributed by atoms with Gasteiger partial charge in [-0.3, -0.25) is 0 Å². The van der Waals surface area contributed by atoms with Crippen molar-refractivity contribution in [2.45, 2.75) is 51.4 Å². The zero-order valence-electron chi connectivity index (χ0n) is 11.4. The number of rotatable bonds is 7. The molecule has 98 valence electrons. The summed E-state index contributed by atoms with van der Waals surface area (Å²) in [4.78, 5) is 4.23. The van der Waals surface area contributed by atoms with E-state index in [-0.39, 0.29) is 6.04 Å². The first kappa shape index (κ1) is 14.6. The minimum atomic E-state index is 0.113. The van der Waals surface area contributed by atoms with Crippen LogP contribution in [0.5, 0.6) is 0 Å². The van der Waals surface area contributed by atoms with E-state index in [0.717, 1.165) is 13.0 Å². The van der Waals surface area contributed by atoms with Gasteiger partial charge in [0.1, 0.15) is 0 Å². The van der Waals surface area contributed by atoms with E-state index in [2.05, 4.69) is 36.6 Å². The third-order valence-corrected chi connectivity index (χ3v) is 4.07. The van der Waals surface area contributed by atoms with Crippen molar-refractivity contribution in [2.24, 2.45) is 11.7 Å². The van der Waals surface area contributed by atoms with Crippen molar-refractivity contribution in [3.63, 3.8) is 0 Å². The van der Waals surface area contributed by atoms with E-state index in [1.54, 1.807) is 0 Å². The molecule has 0 aromatic carbocycles. The molecule has 17 heavy (non-hydrogen) atoms. The van der Waals surface area contributed by atoms with Gasteiger partial charge in [0.15, 0.2) is 0 Å². The molecule has 1 aromatic heterocycles. The number of nitrogens with zero attached hydrogens (tertiary/aromatic N) is 2. The van der Waals surface area contributed by atoms with Gasteiger partial charge in [0.05, 0.1) is 12.0 Å². The van der Waals surface area contributed by atoms with E-state index in [1.165, 1.54) is 12.1 Å². The number of aryl methyl sites for hydroxylation is 1. The molecule has 0 aliphatic heterocycles. The standard InChI is InChI=1S/C13H25N3S/c1-10(2)7-12(14)13-8-15-9-16(13)6-5-11(3)17-4/h8-12H,5-7,14H2,1-4H3. The maximum atomic E-state index is 6.21. The number of hydrogen-bond acceptors (Lipinski definition) is 3. The van der Waals surface area contributed by atoms with Gasteiger partial charge < -0.3 is 10.3 Å². The second-order valence-electron chi connectivity index (χ2n) is 5.08. The number of thioether (sulfide) groups is 1. The molecule has 0 bridgehead atoms. The Morgan fingerprint density at radius 3 is 2.71 bits per heavy atom. The van der Waals surface area contributed by atoms with Crippen LogP contribution in [0.15, 0.2) is 12.5 Å². The summed E-state index contributed by atoms with van der Waals surface area (Å²) in [5.41, 5.74) is 7.39. The monoisotopic (exact) mass is 255 g/mol. The molecule has 1 rings (SSSR count). The third-order valence-electron chi connectivity index (χ3n) is 3.03. The van der Waals surface area contributed by atoms with Gasteiger partial charge in [-0.1, -0.05) is 20.8 Å². The van der Waals surface area contributed by atoms with Crippen LogP contribution in [-0.4, -0.2) is 21.1 Å². The summed E-state index contributed by atoms with van der Waals surface area (Å²) in [7, 11) is 0. The van der Waals surface area contributed by atoms with Gasteiger partial charge in [-0.15, -0.1) is 0 Å². The lowest BCUT2D eigenvalue weighted by Crippen LogP contribution is -2.18. The Hall–Kier alpha value is -0.480. The van der Waals surface area contributed by atoms with Crippen molar-refractivity contribution in [2.75, 3.05) is 6.26 Å². The first-order valence-electron chi connectivity index (χ1n) is 6.33. The molecule has 0 saturated carbocycles. The molecule has 0 fully saturated rings. The smallest absolute Gasteiger partial charge is 0.0948 e. The minimum absolute atomic E-state index is 0.113. The maximum absolute atomic E-state index is 6.21. The highest BCUT2D eigenvalue weighted by Crippen LogP contribution is 2.19. The third kappa shape index (κ3) is 4.72. The van der Waals surface area contributed by atoms with Crippen molar-refractivity contribution in [1.82, 2.24) is 9.55 Å². The van der Waals surface area contributed by atoms with E-state index in [0.29, 0.717) is 11.2 Å². The van der Waals surface area contributed by atoms with Gasteiger partial charge in [-0.25, -0.2) is 4.98 Å². The summed E-state index contributed by atoms with van der Waals surface area (Å²) in [5.74, 6) is 0.624. The molecular formula is C13H25N3S. The van der Waals surface area contributed by atoms with Crippen molar-refractivity contribution in [3.05, 3.63) is 18.2 Å². The quantitative estimate of drug-likeness (QED) is 0.814. The Morgan fingerprint density at radius 1 is 1.41 bits per heavy atom. The molecule has 2 atom stereocenters. The fourth-order valence-corrected chi connectivity index (χ4v) is 2.24. The lowest BCUT2D eigenvalue weighted by atomic mass is 10.0. The Bertz CT molecular complexity index is 322. The zero-order chi connectivity index (χ0) is 12.8. The molecule has 0 spiro atoms. The predicted molar refractivity (Wildman–Crippen MR) is 76.2 cm³/mol. The largest absolute Gasteiger partial charge is 0.333 e. The summed E-state index contributed by atoms with van der Waals surface area (Å²) in [6.07, 6.45) is 8.16. The number of hydrogen-bond donors (Lipinski definition) is 1. The zero-order valence-corrected chi connectivity index (χ0v) is 12.2. The molecular weight excluding hydrogens is 230 g/mol. The van der Waals surface area contributed by atoms with Crippen LogP contribution in [0.2, 0.25) is 0 Å². The van der Waals surface area contributed by atoms with Gasteiger partial charge in [0, 0.05) is 24.0 Å². The highest BCUT2D eigenvalue weighted by Gasteiger charge is 2.13. The summed E-state index contributed by atoms with van der Waals surface area (Å²) in [6.45, 7) is 7.69. The lowest BCUT2D eigenvalue weighted by Gasteiger charge is -2.17.